The van der Waals surface area contributed by atoms with Crippen LogP contribution in [0.15, 0.2) is 18.2 Å². The number of nitrogens with zero attached hydrogens (tertiary/aromatic N) is 2. The van der Waals surface area contributed by atoms with Crippen LogP contribution < -0.4 is 15.4 Å². The van der Waals surface area contributed by atoms with Crippen LogP contribution in [0.3, 0.4) is 0 Å². The first-order valence-electron chi connectivity index (χ1n) is 8.01. The van der Waals surface area contributed by atoms with Crippen molar-refractivity contribution in [3.05, 3.63) is 28.3 Å². The second kappa shape index (κ2) is 9.55. The van der Waals surface area contributed by atoms with E-state index in [-0.39, 0.29) is 35.7 Å². The molecule has 0 radical (unpaired) electrons. The molecular weight excluding hydrogens is 348 g/mol. The lowest BCUT2D eigenvalue weighted by molar-refractivity contribution is -0.384. The second-order valence-electron chi connectivity index (χ2n) is 5.93. The topological polar surface area (TPSA) is 96.7 Å². The molecule has 0 aliphatic carbocycles. The van der Waals surface area contributed by atoms with Crippen molar-refractivity contribution in [3.8, 4) is 5.75 Å². The molecule has 1 fully saturated rings. The number of likely N-dealkylation sites (tertiary alicyclic amines) is 1. The Bertz CT molecular complexity index is 614. The van der Waals surface area contributed by atoms with E-state index in [2.05, 4.69) is 15.5 Å². The van der Waals surface area contributed by atoms with E-state index >= 15 is 0 Å². The van der Waals surface area contributed by atoms with Gasteiger partial charge in [-0.05, 0) is 45.5 Å². The van der Waals surface area contributed by atoms with Gasteiger partial charge in [-0.15, -0.1) is 12.4 Å². The third-order valence-corrected chi connectivity index (χ3v) is 4.45. The highest BCUT2D eigenvalue weighted by atomic mass is 35.5. The van der Waals surface area contributed by atoms with Gasteiger partial charge in [-0.3, -0.25) is 19.8 Å². The minimum atomic E-state index is -0.527. The minimum absolute atomic E-state index is 0. The fraction of sp³-hybridized carbons (Fsp3) is 0.562. The number of rotatable bonds is 6. The average Bonchev–Trinajstić information content (AvgIpc) is 2.61. The predicted molar refractivity (Wildman–Crippen MR) is 98.6 cm³/mol. The summed E-state index contributed by atoms with van der Waals surface area (Å²) >= 11 is 0. The van der Waals surface area contributed by atoms with Gasteiger partial charge >= 0.3 is 0 Å². The van der Waals surface area contributed by atoms with Gasteiger partial charge in [0.05, 0.1) is 24.1 Å². The molecule has 9 heteroatoms. The SMILES string of the molecule is CNC1CCCN(C(C)C(=O)Nc2ccc(OC)cc2[N+](=O)[O-])C1.Cl. The van der Waals surface area contributed by atoms with Crippen molar-refractivity contribution in [2.45, 2.75) is 31.8 Å². The van der Waals surface area contributed by atoms with Gasteiger partial charge in [-0.25, -0.2) is 0 Å². The molecule has 2 atom stereocenters. The number of methoxy groups -OCH3 is 1. The Hall–Kier alpha value is -1.90. The van der Waals surface area contributed by atoms with Crippen molar-refractivity contribution in [3.63, 3.8) is 0 Å². The lowest BCUT2D eigenvalue weighted by Gasteiger charge is -2.35. The van der Waals surface area contributed by atoms with Crippen LogP contribution in [0.5, 0.6) is 5.75 Å². The van der Waals surface area contributed by atoms with E-state index in [1.807, 2.05) is 14.0 Å². The lowest BCUT2D eigenvalue weighted by Crippen LogP contribution is -2.51. The summed E-state index contributed by atoms with van der Waals surface area (Å²) in [5, 5.41) is 17.1. The third kappa shape index (κ3) is 5.29. The van der Waals surface area contributed by atoms with Gasteiger partial charge in [-0.2, -0.15) is 0 Å². The number of hydrogen-bond acceptors (Lipinski definition) is 6. The molecule has 2 N–H and O–H groups in total. The molecular formula is C16H25ClN4O4. The molecule has 1 amide bonds. The Labute approximate surface area is 153 Å². The normalized spacial score (nSPS) is 18.8. The number of hydrogen-bond donors (Lipinski definition) is 2. The summed E-state index contributed by atoms with van der Waals surface area (Å²) < 4.78 is 5.00. The second-order valence-corrected chi connectivity index (χ2v) is 5.93. The van der Waals surface area contributed by atoms with E-state index in [9.17, 15) is 14.9 Å². The van der Waals surface area contributed by atoms with Crippen LogP contribution in [0.25, 0.3) is 0 Å². The molecule has 0 aromatic heterocycles. The van der Waals surface area contributed by atoms with Gasteiger partial charge < -0.3 is 15.4 Å². The number of piperidine rings is 1. The summed E-state index contributed by atoms with van der Waals surface area (Å²) in [4.78, 5) is 25.3. The molecule has 2 unspecified atom stereocenters. The Kier molecular flexibility index (Phi) is 8.08. The standard InChI is InChI=1S/C16H24N4O4.ClH/c1-11(19-8-4-5-12(10-19)17-2)16(21)18-14-7-6-13(24-3)9-15(14)20(22)23;/h6-7,9,11-12,17H,4-5,8,10H2,1-3H3,(H,18,21);1H. The molecule has 1 aliphatic rings. The van der Waals surface area contributed by atoms with E-state index in [1.54, 1.807) is 6.07 Å². The zero-order valence-electron chi connectivity index (χ0n) is 14.7. The number of benzene rings is 1. The molecule has 1 aliphatic heterocycles. The number of carbonyl (C=O) groups excluding carboxylic acids is 1. The van der Waals surface area contributed by atoms with Crippen molar-refractivity contribution in [1.82, 2.24) is 10.2 Å². The summed E-state index contributed by atoms with van der Waals surface area (Å²) in [7, 11) is 3.35. The number of ether oxygens (including phenoxy) is 1. The Morgan fingerprint density at radius 1 is 1.48 bits per heavy atom. The molecule has 1 aromatic rings. The number of carbonyl (C=O) groups is 1. The molecule has 140 valence electrons. The summed E-state index contributed by atoms with van der Waals surface area (Å²) in [6.45, 7) is 3.45. The third-order valence-electron chi connectivity index (χ3n) is 4.45. The first-order valence-corrected chi connectivity index (χ1v) is 8.01. The highest BCUT2D eigenvalue weighted by molar-refractivity contribution is 5.96. The van der Waals surface area contributed by atoms with Crippen molar-refractivity contribution >= 4 is 29.7 Å². The number of nitro groups is 1. The molecule has 8 nitrogen and oxygen atoms in total. The molecule has 1 aromatic carbocycles. The van der Waals surface area contributed by atoms with Crippen molar-refractivity contribution < 1.29 is 14.5 Å². The minimum Gasteiger partial charge on any atom is -0.496 e. The summed E-state index contributed by atoms with van der Waals surface area (Å²) in [5.41, 5.74) is 0.00136. The Morgan fingerprint density at radius 2 is 2.20 bits per heavy atom. The number of nitrogens with one attached hydrogen (secondary N) is 2. The van der Waals surface area contributed by atoms with Gasteiger partial charge in [0.2, 0.25) is 5.91 Å². The Morgan fingerprint density at radius 3 is 2.80 bits per heavy atom. The Balaban J connectivity index is 0.00000312. The molecule has 0 spiro atoms. The number of amides is 1. The van der Waals surface area contributed by atoms with Crippen LogP contribution in [0.1, 0.15) is 19.8 Å². The van der Waals surface area contributed by atoms with Crippen LogP contribution >= 0.6 is 12.4 Å². The predicted octanol–water partition coefficient (Wildman–Crippen LogP) is 2.04. The summed E-state index contributed by atoms with van der Waals surface area (Å²) in [6.07, 6.45) is 2.11. The summed E-state index contributed by atoms with van der Waals surface area (Å²) in [6, 6.07) is 4.39. The number of halogens is 1. The van der Waals surface area contributed by atoms with Crippen LogP contribution in [0, 0.1) is 10.1 Å². The highest BCUT2D eigenvalue weighted by Crippen LogP contribution is 2.29. The summed E-state index contributed by atoms with van der Waals surface area (Å²) in [5.74, 6) is 0.126. The zero-order valence-corrected chi connectivity index (χ0v) is 15.5. The van der Waals surface area contributed by atoms with Crippen LogP contribution in [-0.4, -0.2) is 55.1 Å². The van der Waals surface area contributed by atoms with Gasteiger partial charge in [-0.1, -0.05) is 0 Å². The smallest absolute Gasteiger partial charge is 0.296 e. The van der Waals surface area contributed by atoms with Gasteiger partial charge in [0.25, 0.3) is 5.69 Å². The highest BCUT2D eigenvalue weighted by Gasteiger charge is 2.28. The average molecular weight is 373 g/mol. The van der Waals surface area contributed by atoms with Crippen LogP contribution in [0.2, 0.25) is 0 Å². The quantitative estimate of drug-likeness (QED) is 0.586. The molecule has 0 bridgehead atoms. The van der Waals surface area contributed by atoms with Crippen LogP contribution in [0.4, 0.5) is 11.4 Å². The maximum Gasteiger partial charge on any atom is 0.296 e. The number of anilines is 1. The van der Waals surface area contributed by atoms with Gasteiger partial charge in [0, 0.05) is 12.6 Å². The van der Waals surface area contributed by atoms with E-state index in [1.165, 1.54) is 19.2 Å². The fourth-order valence-corrected chi connectivity index (χ4v) is 2.89. The molecule has 2 rings (SSSR count). The lowest BCUT2D eigenvalue weighted by atomic mass is 10.0. The van der Waals surface area contributed by atoms with E-state index < -0.39 is 4.92 Å². The number of likely N-dealkylation sites (N-methyl/N-ethyl adjacent to an activating group) is 1. The van der Waals surface area contributed by atoms with E-state index in [4.69, 9.17) is 4.74 Å². The molecule has 0 saturated carbocycles. The zero-order chi connectivity index (χ0) is 17.7. The van der Waals surface area contributed by atoms with Gasteiger partial charge in [0.1, 0.15) is 11.4 Å². The molecule has 1 heterocycles. The number of nitro benzene ring substituents is 1. The first kappa shape index (κ1) is 21.1. The van der Waals surface area contributed by atoms with Crippen molar-refractivity contribution in [2.24, 2.45) is 0 Å². The first-order chi connectivity index (χ1) is 11.5. The molecule has 25 heavy (non-hydrogen) atoms. The molecule has 1 saturated heterocycles. The van der Waals surface area contributed by atoms with Crippen molar-refractivity contribution in [1.29, 1.82) is 0 Å². The van der Waals surface area contributed by atoms with E-state index in [0.29, 0.717) is 11.8 Å². The van der Waals surface area contributed by atoms with Gasteiger partial charge in [0.15, 0.2) is 0 Å². The largest absolute Gasteiger partial charge is 0.496 e. The van der Waals surface area contributed by atoms with Crippen LogP contribution in [-0.2, 0) is 4.79 Å². The fourth-order valence-electron chi connectivity index (χ4n) is 2.89. The van der Waals surface area contributed by atoms with E-state index in [0.717, 1.165) is 25.9 Å². The maximum absolute atomic E-state index is 12.5. The monoisotopic (exact) mass is 372 g/mol. The maximum atomic E-state index is 12.5. The van der Waals surface area contributed by atoms with Crippen molar-refractivity contribution in [2.75, 3.05) is 32.6 Å².